The molecule has 0 radical (unpaired) electrons. The molecule has 104 valence electrons. The van der Waals surface area contributed by atoms with E-state index in [1.807, 2.05) is 0 Å². The van der Waals surface area contributed by atoms with Crippen LogP contribution in [0.15, 0.2) is 4.99 Å². The summed E-state index contributed by atoms with van der Waals surface area (Å²) in [5.41, 5.74) is 6.04. The highest BCUT2D eigenvalue weighted by Crippen LogP contribution is 2.33. The van der Waals surface area contributed by atoms with Crippen LogP contribution in [0.1, 0.15) is 60.8 Å². The first-order valence-electron chi connectivity index (χ1n) is 6.35. The van der Waals surface area contributed by atoms with Crippen LogP contribution in [0.2, 0.25) is 0 Å². The maximum Gasteiger partial charge on any atom is 0.189 e. The topological polar surface area (TPSA) is 50.4 Å². The van der Waals surface area contributed by atoms with Crippen molar-refractivity contribution in [2.75, 3.05) is 6.54 Å². The lowest BCUT2D eigenvalue weighted by Gasteiger charge is -2.42. The Morgan fingerprint density at radius 2 is 1.71 bits per heavy atom. The molecule has 0 amide bonds. The molecular weight excluding hydrogens is 278 g/mol. The minimum Gasteiger partial charge on any atom is -0.370 e. The van der Waals surface area contributed by atoms with E-state index in [0.717, 1.165) is 25.8 Å². The second kappa shape index (κ2) is 7.96. The van der Waals surface area contributed by atoms with Crippen molar-refractivity contribution in [2.24, 2.45) is 16.1 Å². The molecule has 4 heteroatoms. The van der Waals surface area contributed by atoms with E-state index in [2.05, 4.69) is 51.9 Å². The van der Waals surface area contributed by atoms with Gasteiger partial charge in [-0.25, -0.2) is 0 Å². The second-order valence-electron chi connectivity index (χ2n) is 5.61. The number of halogens is 1. The van der Waals surface area contributed by atoms with E-state index in [1.165, 1.54) is 0 Å². The summed E-state index contributed by atoms with van der Waals surface area (Å²) in [6, 6.07) is 0. The lowest BCUT2D eigenvalue weighted by Crippen LogP contribution is -2.55. The molecule has 0 rings (SSSR count). The third-order valence-corrected chi connectivity index (χ3v) is 3.81. The number of rotatable bonds is 6. The summed E-state index contributed by atoms with van der Waals surface area (Å²) >= 11 is 0. The maximum atomic E-state index is 5.89. The Morgan fingerprint density at radius 3 is 2.12 bits per heavy atom. The van der Waals surface area contributed by atoms with Crippen molar-refractivity contribution in [1.82, 2.24) is 5.32 Å². The van der Waals surface area contributed by atoms with Crippen molar-refractivity contribution in [3.05, 3.63) is 0 Å². The molecule has 0 fully saturated rings. The van der Waals surface area contributed by atoms with E-state index in [-0.39, 0.29) is 27.9 Å². The highest BCUT2D eigenvalue weighted by molar-refractivity contribution is 8.93. The number of nitrogens with one attached hydrogen (secondary N) is 1. The Balaban J connectivity index is 0. The summed E-state index contributed by atoms with van der Waals surface area (Å²) in [7, 11) is 0. The van der Waals surface area contributed by atoms with Crippen LogP contribution < -0.4 is 11.1 Å². The van der Waals surface area contributed by atoms with Gasteiger partial charge in [0.15, 0.2) is 5.96 Å². The van der Waals surface area contributed by atoms with E-state index >= 15 is 0 Å². The molecule has 3 nitrogen and oxygen atoms in total. The molecule has 17 heavy (non-hydrogen) atoms. The van der Waals surface area contributed by atoms with Gasteiger partial charge in [0, 0.05) is 12.1 Å². The molecular formula is C13H30BrN3. The molecule has 0 aromatic carbocycles. The predicted octanol–water partition coefficient (Wildman–Crippen LogP) is 3.48. The molecule has 3 N–H and O–H groups in total. The van der Waals surface area contributed by atoms with Gasteiger partial charge < -0.3 is 11.1 Å². The zero-order chi connectivity index (χ0) is 12.8. The Hall–Kier alpha value is -0.250. The summed E-state index contributed by atoms with van der Waals surface area (Å²) in [6.45, 7) is 14.0. The van der Waals surface area contributed by atoms with Gasteiger partial charge in [-0.05, 0) is 32.1 Å². The number of aliphatic imine (C=N–C) groups is 1. The quantitative estimate of drug-likeness (QED) is 0.448. The van der Waals surface area contributed by atoms with Crippen LogP contribution >= 0.6 is 17.0 Å². The van der Waals surface area contributed by atoms with Gasteiger partial charge >= 0.3 is 0 Å². The molecule has 0 aliphatic rings. The van der Waals surface area contributed by atoms with Crippen molar-refractivity contribution < 1.29 is 0 Å². The van der Waals surface area contributed by atoms with Crippen molar-refractivity contribution >= 4 is 22.9 Å². The Labute approximate surface area is 117 Å². The predicted molar refractivity (Wildman–Crippen MR) is 83.0 cm³/mol. The van der Waals surface area contributed by atoms with Gasteiger partial charge in [-0.3, -0.25) is 4.99 Å². The number of hydrogen-bond acceptors (Lipinski definition) is 1. The van der Waals surface area contributed by atoms with Gasteiger partial charge in [0.25, 0.3) is 0 Å². The molecule has 0 saturated carbocycles. The fraction of sp³-hybridized carbons (Fsp3) is 0.923. The Morgan fingerprint density at radius 1 is 1.18 bits per heavy atom. The normalized spacial score (nSPS) is 13.2. The zero-order valence-corrected chi connectivity index (χ0v) is 14.0. The van der Waals surface area contributed by atoms with Crippen LogP contribution in [0.3, 0.4) is 0 Å². The van der Waals surface area contributed by atoms with Crippen molar-refractivity contribution in [3.63, 3.8) is 0 Å². The van der Waals surface area contributed by atoms with Crippen LogP contribution in [-0.4, -0.2) is 18.0 Å². The number of nitrogens with zero attached hydrogens (tertiary/aromatic N) is 1. The molecule has 0 heterocycles. The largest absolute Gasteiger partial charge is 0.370 e. The molecule has 0 atom stereocenters. The first-order chi connectivity index (χ1) is 7.27. The van der Waals surface area contributed by atoms with Crippen LogP contribution in [-0.2, 0) is 0 Å². The van der Waals surface area contributed by atoms with Gasteiger partial charge in [0.2, 0.25) is 0 Å². The molecule has 0 aliphatic heterocycles. The first-order valence-corrected chi connectivity index (χ1v) is 6.35. The van der Waals surface area contributed by atoms with Gasteiger partial charge in [-0.15, -0.1) is 17.0 Å². The van der Waals surface area contributed by atoms with E-state index in [9.17, 15) is 0 Å². The molecule has 0 bridgehead atoms. The number of unbranched alkanes of at least 4 members (excludes halogenated alkanes) is 1. The highest BCUT2D eigenvalue weighted by atomic mass is 79.9. The molecule has 0 aliphatic carbocycles. The Kier molecular flexibility index (Phi) is 8.94. The zero-order valence-electron chi connectivity index (χ0n) is 12.3. The lowest BCUT2D eigenvalue weighted by molar-refractivity contribution is 0.171. The smallest absolute Gasteiger partial charge is 0.189 e. The SMILES string of the molecule is Br.CCCCN=C(N)NC(C)(C)C(C)(C)CC. The highest BCUT2D eigenvalue weighted by Gasteiger charge is 2.35. The fourth-order valence-electron chi connectivity index (χ4n) is 1.33. The van der Waals surface area contributed by atoms with Crippen LogP contribution in [0.5, 0.6) is 0 Å². The summed E-state index contributed by atoms with van der Waals surface area (Å²) in [5, 5.41) is 3.33. The van der Waals surface area contributed by atoms with E-state index in [4.69, 9.17) is 5.73 Å². The summed E-state index contributed by atoms with van der Waals surface area (Å²) < 4.78 is 0. The third kappa shape index (κ3) is 6.29. The van der Waals surface area contributed by atoms with Crippen LogP contribution in [0.4, 0.5) is 0 Å². The van der Waals surface area contributed by atoms with Crippen LogP contribution in [0, 0.1) is 5.41 Å². The monoisotopic (exact) mass is 307 g/mol. The third-order valence-electron chi connectivity index (χ3n) is 3.81. The number of hydrogen-bond donors (Lipinski definition) is 2. The fourth-order valence-corrected chi connectivity index (χ4v) is 1.33. The van der Waals surface area contributed by atoms with E-state index < -0.39 is 0 Å². The van der Waals surface area contributed by atoms with Crippen LogP contribution in [0.25, 0.3) is 0 Å². The van der Waals surface area contributed by atoms with Gasteiger partial charge in [0.05, 0.1) is 0 Å². The van der Waals surface area contributed by atoms with Crippen molar-refractivity contribution in [2.45, 2.75) is 66.3 Å². The summed E-state index contributed by atoms with van der Waals surface area (Å²) in [4.78, 5) is 4.33. The lowest BCUT2D eigenvalue weighted by atomic mass is 9.73. The molecule has 0 unspecified atom stereocenters. The molecule has 0 spiro atoms. The summed E-state index contributed by atoms with van der Waals surface area (Å²) in [5.74, 6) is 0.569. The average Bonchev–Trinajstić information content (AvgIpc) is 2.17. The summed E-state index contributed by atoms with van der Waals surface area (Å²) in [6.07, 6.45) is 3.36. The van der Waals surface area contributed by atoms with Crippen molar-refractivity contribution in [1.29, 1.82) is 0 Å². The first kappa shape index (κ1) is 19.1. The van der Waals surface area contributed by atoms with E-state index in [0.29, 0.717) is 5.96 Å². The van der Waals surface area contributed by atoms with E-state index in [1.54, 1.807) is 0 Å². The maximum absolute atomic E-state index is 5.89. The van der Waals surface area contributed by atoms with Gasteiger partial charge in [-0.1, -0.05) is 34.1 Å². The minimum atomic E-state index is -0.0401. The molecule has 0 aromatic rings. The molecule has 0 saturated heterocycles. The second-order valence-corrected chi connectivity index (χ2v) is 5.61. The molecule has 0 aromatic heterocycles. The van der Waals surface area contributed by atoms with Gasteiger partial charge in [-0.2, -0.15) is 0 Å². The standard InChI is InChI=1S/C13H29N3.BrH/c1-7-9-10-15-11(14)16-13(5,6)12(3,4)8-2;/h7-10H2,1-6H3,(H3,14,15,16);1H. The Bertz CT molecular complexity index is 235. The number of nitrogens with two attached hydrogens (primary N) is 1. The van der Waals surface area contributed by atoms with Crippen molar-refractivity contribution in [3.8, 4) is 0 Å². The number of guanidine groups is 1. The van der Waals surface area contributed by atoms with Gasteiger partial charge in [0.1, 0.15) is 0 Å². The minimum absolute atomic E-state index is 0. The average molecular weight is 308 g/mol.